The minimum atomic E-state index is 0.845. The predicted molar refractivity (Wildman–Crippen MR) is 58.2 cm³/mol. The molecule has 3 nitrogen and oxygen atoms in total. The van der Waals surface area contributed by atoms with Crippen LogP contribution >= 0.6 is 11.3 Å². The molecule has 70 valence electrons. The Labute approximate surface area is 85.5 Å². The summed E-state index contributed by atoms with van der Waals surface area (Å²) < 4.78 is 0. The molecule has 14 heavy (non-hydrogen) atoms. The van der Waals surface area contributed by atoms with Gasteiger partial charge in [0.05, 0.1) is 0 Å². The van der Waals surface area contributed by atoms with E-state index in [2.05, 4.69) is 15.0 Å². The third-order valence-corrected chi connectivity index (χ3v) is 2.24. The van der Waals surface area contributed by atoms with Crippen molar-refractivity contribution < 1.29 is 0 Å². The first-order valence-electron chi connectivity index (χ1n) is 4.18. The van der Waals surface area contributed by atoms with Crippen LogP contribution in [0.1, 0.15) is 0 Å². The maximum Gasteiger partial charge on any atom is 0.155 e. The molecule has 0 saturated heterocycles. The first kappa shape index (κ1) is 8.90. The molecular formula is C10H9N3S. The first-order valence-corrected chi connectivity index (χ1v) is 5.12. The highest BCUT2D eigenvalue weighted by molar-refractivity contribution is 7.07. The van der Waals surface area contributed by atoms with Crippen LogP contribution in [-0.2, 0) is 0 Å². The molecule has 0 aromatic carbocycles. The number of nitrogens with one attached hydrogen (secondary N) is 1. The van der Waals surface area contributed by atoms with Gasteiger partial charge in [0, 0.05) is 18.6 Å². The van der Waals surface area contributed by atoms with Crippen LogP contribution < -0.4 is 0 Å². The van der Waals surface area contributed by atoms with Gasteiger partial charge in [0.1, 0.15) is 5.52 Å². The molecule has 3 rings (SSSR count). The molecule has 0 aliphatic heterocycles. The number of aromatic amines is 1. The lowest BCUT2D eigenvalue weighted by Crippen LogP contribution is -1.75. The molecule has 0 fully saturated rings. The third-order valence-electron chi connectivity index (χ3n) is 1.61. The molecule has 0 amide bonds. The van der Waals surface area contributed by atoms with E-state index in [1.54, 1.807) is 23.7 Å². The number of rotatable bonds is 0. The fourth-order valence-electron chi connectivity index (χ4n) is 1.01. The van der Waals surface area contributed by atoms with Gasteiger partial charge in [-0.3, -0.25) is 4.98 Å². The summed E-state index contributed by atoms with van der Waals surface area (Å²) >= 11 is 1.71. The molecular weight excluding hydrogens is 194 g/mol. The molecule has 1 N–H and O–H groups in total. The Morgan fingerprint density at radius 1 is 1.07 bits per heavy atom. The number of nitrogens with zero attached hydrogens (tertiary/aromatic N) is 2. The highest BCUT2D eigenvalue weighted by Gasteiger charge is 1.90. The van der Waals surface area contributed by atoms with Crippen molar-refractivity contribution in [2.75, 3.05) is 0 Å². The van der Waals surface area contributed by atoms with Crippen molar-refractivity contribution in [3.05, 3.63) is 47.5 Å². The number of aromatic nitrogens is 3. The zero-order valence-corrected chi connectivity index (χ0v) is 8.24. The van der Waals surface area contributed by atoms with Gasteiger partial charge in [-0.15, -0.1) is 0 Å². The quantitative estimate of drug-likeness (QED) is 0.610. The lowest BCUT2D eigenvalue weighted by molar-refractivity contribution is 1.26. The molecule has 0 bridgehead atoms. The van der Waals surface area contributed by atoms with Gasteiger partial charge in [-0.05, 0) is 16.8 Å². The Morgan fingerprint density at radius 3 is 2.50 bits per heavy atom. The topological polar surface area (TPSA) is 41.6 Å². The van der Waals surface area contributed by atoms with Crippen LogP contribution in [0.15, 0.2) is 47.5 Å². The Bertz CT molecular complexity index is 425. The summed E-state index contributed by atoms with van der Waals surface area (Å²) in [5, 5.41) is 4.08. The van der Waals surface area contributed by atoms with E-state index in [1.165, 1.54) is 0 Å². The van der Waals surface area contributed by atoms with Gasteiger partial charge in [-0.2, -0.15) is 11.3 Å². The van der Waals surface area contributed by atoms with Gasteiger partial charge >= 0.3 is 0 Å². The van der Waals surface area contributed by atoms with Gasteiger partial charge in [-0.25, -0.2) is 4.98 Å². The third kappa shape index (κ3) is 2.17. The van der Waals surface area contributed by atoms with E-state index in [0.29, 0.717) is 0 Å². The van der Waals surface area contributed by atoms with E-state index in [4.69, 9.17) is 0 Å². The van der Waals surface area contributed by atoms with Crippen LogP contribution in [0.3, 0.4) is 0 Å². The number of hydrogen-bond donors (Lipinski definition) is 1. The second-order valence-electron chi connectivity index (χ2n) is 2.56. The molecule has 0 aliphatic rings. The van der Waals surface area contributed by atoms with Crippen LogP contribution in [0.2, 0.25) is 0 Å². The lowest BCUT2D eigenvalue weighted by atomic mass is 10.5. The fraction of sp³-hybridized carbons (Fsp3) is 0. The largest absolute Gasteiger partial charge is 0.345 e. The van der Waals surface area contributed by atoms with Crippen molar-refractivity contribution in [3.63, 3.8) is 0 Å². The van der Waals surface area contributed by atoms with Crippen LogP contribution in [0, 0.1) is 0 Å². The second kappa shape index (κ2) is 4.53. The zero-order chi connectivity index (χ0) is 9.64. The summed E-state index contributed by atoms with van der Waals surface area (Å²) in [7, 11) is 0. The summed E-state index contributed by atoms with van der Waals surface area (Å²) in [6.07, 6.45) is 5.17. The SMILES string of the molecule is c1ccsc1.c1cnc2[nH]ccc2n1. The van der Waals surface area contributed by atoms with E-state index >= 15 is 0 Å². The highest BCUT2D eigenvalue weighted by atomic mass is 32.1. The van der Waals surface area contributed by atoms with Crippen LogP contribution in [0.4, 0.5) is 0 Å². The number of fused-ring (bicyclic) bond motifs is 1. The normalized spacial score (nSPS) is 9.43. The smallest absolute Gasteiger partial charge is 0.155 e. The van der Waals surface area contributed by atoms with Crippen molar-refractivity contribution in [2.24, 2.45) is 0 Å². The minimum absolute atomic E-state index is 0.845. The fourth-order valence-corrected chi connectivity index (χ4v) is 1.46. The van der Waals surface area contributed by atoms with Gasteiger partial charge in [0.2, 0.25) is 0 Å². The Hall–Kier alpha value is -1.68. The van der Waals surface area contributed by atoms with Crippen molar-refractivity contribution in [1.29, 1.82) is 0 Å². The molecule has 0 atom stereocenters. The molecule has 4 heteroatoms. The molecule has 3 aromatic rings. The molecule has 0 saturated carbocycles. The maximum atomic E-state index is 4.05. The Morgan fingerprint density at radius 2 is 1.86 bits per heavy atom. The molecule has 0 radical (unpaired) electrons. The number of hydrogen-bond acceptors (Lipinski definition) is 3. The first-order chi connectivity index (χ1) is 6.97. The summed E-state index contributed by atoms with van der Waals surface area (Å²) in [6.45, 7) is 0. The average molecular weight is 203 g/mol. The van der Waals surface area contributed by atoms with Gasteiger partial charge < -0.3 is 4.98 Å². The molecule has 3 heterocycles. The standard InChI is InChI=1S/C6H5N3.C4H4S/c1-2-8-6-5(1)7-3-4-9-6;1-2-4-5-3-1/h1-4H,(H,8,9);1-4H. The molecule has 3 aromatic heterocycles. The molecule has 0 spiro atoms. The Kier molecular flexibility index (Phi) is 2.88. The van der Waals surface area contributed by atoms with E-state index in [0.717, 1.165) is 11.2 Å². The predicted octanol–water partition coefficient (Wildman–Crippen LogP) is 2.71. The molecule has 0 unspecified atom stereocenters. The summed E-state index contributed by atoms with van der Waals surface area (Å²) in [4.78, 5) is 11.0. The monoisotopic (exact) mass is 203 g/mol. The van der Waals surface area contributed by atoms with Crippen molar-refractivity contribution >= 4 is 22.5 Å². The van der Waals surface area contributed by atoms with Crippen LogP contribution in [0.25, 0.3) is 11.2 Å². The van der Waals surface area contributed by atoms with Crippen LogP contribution in [0.5, 0.6) is 0 Å². The van der Waals surface area contributed by atoms with E-state index in [1.807, 2.05) is 35.2 Å². The van der Waals surface area contributed by atoms with Crippen molar-refractivity contribution in [1.82, 2.24) is 15.0 Å². The number of H-pyrrole nitrogens is 1. The van der Waals surface area contributed by atoms with Crippen molar-refractivity contribution in [2.45, 2.75) is 0 Å². The summed E-state index contributed by atoms with van der Waals surface area (Å²) in [5.74, 6) is 0. The van der Waals surface area contributed by atoms with E-state index < -0.39 is 0 Å². The summed E-state index contributed by atoms with van der Waals surface area (Å²) in [5.41, 5.74) is 1.76. The minimum Gasteiger partial charge on any atom is -0.345 e. The zero-order valence-electron chi connectivity index (χ0n) is 7.42. The van der Waals surface area contributed by atoms with Gasteiger partial charge in [0.15, 0.2) is 5.65 Å². The van der Waals surface area contributed by atoms with Crippen molar-refractivity contribution in [3.8, 4) is 0 Å². The maximum absolute atomic E-state index is 4.05. The van der Waals surface area contributed by atoms with Gasteiger partial charge in [0.25, 0.3) is 0 Å². The Balaban J connectivity index is 0.000000128. The van der Waals surface area contributed by atoms with E-state index in [9.17, 15) is 0 Å². The lowest BCUT2D eigenvalue weighted by Gasteiger charge is -1.81. The van der Waals surface area contributed by atoms with Gasteiger partial charge in [-0.1, -0.05) is 12.1 Å². The highest BCUT2D eigenvalue weighted by Crippen LogP contribution is 2.01. The molecule has 0 aliphatic carbocycles. The number of thiophene rings is 1. The van der Waals surface area contributed by atoms with E-state index in [-0.39, 0.29) is 0 Å². The summed E-state index contributed by atoms with van der Waals surface area (Å²) in [6, 6.07) is 5.93. The van der Waals surface area contributed by atoms with Crippen LogP contribution in [-0.4, -0.2) is 15.0 Å². The second-order valence-corrected chi connectivity index (χ2v) is 3.38. The average Bonchev–Trinajstić information content (AvgIpc) is 2.92.